The number of hydrogen-bond acceptors (Lipinski definition) is 5. The molecule has 0 saturated carbocycles. The summed E-state index contributed by atoms with van der Waals surface area (Å²) < 4.78 is 40.3. The van der Waals surface area contributed by atoms with Crippen molar-refractivity contribution in [3.63, 3.8) is 0 Å². The van der Waals surface area contributed by atoms with E-state index in [0.717, 1.165) is 25.7 Å². The lowest BCUT2D eigenvalue weighted by molar-refractivity contribution is 0.145. The van der Waals surface area contributed by atoms with Crippen LogP contribution in [0.2, 0.25) is 0 Å². The second-order valence-electron chi connectivity index (χ2n) is 7.24. The molecule has 2 amide bonds. The average molecular weight is 431 g/mol. The first-order valence-electron chi connectivity index (χ1n) is 10.1. The first-order chi connectivity index (χ1) is 13.8. The highest BCUT2D eigenvalue weighted by atomic mass is 32.2. The highest BCUT2D eigenvalue weighted by Gasteiger charge is 2.21. The van der Waals surface area contributed by atoms with E-state index in [0.29, 0.717) is 13.1 Å². The lowest BCUT2D eigenvalue weighted by Crippen LogP contribution is -2.50. The van der Waals surface area contributed by atoms with Gasteiger partial charge in [0.15, 0.2) is 5.82 Å². The molecule has 1 aromatic rings. The molecule has 29 heavy (non-hydrogen) atoms. The Bertz CT molecular complexity index is 767. The minimum absolute atomic E-state index is 0.0497. The first-order valence-corrected chi connectivity index (χ1v) is 11.6. The van der Waals surface area contributed by atoms with Crippen LogP contribution in [0.3, 0.4) is 0 Å². The van der Waals surface area contributed by atoms with Crippen LogP contribution in [0.5, 0.6) is 5.75 Å². The summed E-state index contributed by atoms with van der Waals surface area (Å²) in [5, 5.41) is 7.26. The predicted octanol–water partition coefficient (Wildman–Crippen LogP) is 2.92. The summed E-state index contributed by atoms with van der Waals surface area (Å²) in [6.45, 7) is 6.01. The number of carbonyl (C=O) groups excluding carboxylic acids is 1. The van der Waals surface area contributed by atoms with Gasteiger partial charge in [-0.05, 0) is 25.1 Å². The Kier molecular flexibility index (Phi) is 9.12. The topological polar surface area (TPSA) is 105 Å². The Morgan fingerprint density at radius 2 is 1.79 bits per heavy atom. The number of nitrogens with zero attached hydrogens (tertiary/aromatic N) is 2. The molecule has 164 valence electrons. The van der Waals surface area contributed by atoms with Crippen LogP contribution in [0.4, 0.5) is 14.9 Å². The van der Waals surface area contributed by atoms with Gasteiger partial charge in [0, 0.05) is 32.2 Å². The van der Waals surface area contributed by atoms with E-state index in [1.807, 2.05) is 0 Å². The van der Waals surface area contributed by atoms with Crippen LogP contribution in [-0.4, -0.2) is 57.0 Å². The third kappa shape index (κ3) is 8.55. The molecule has 1 fully saturated rings. The van der Waals surface area contributed by atoms with Crippen molar-refractivity contribution >= 4 is 22.0 Å². The number of carbonyl (C=O) groups is 1. The summed E-state index contributed by atoms with van der Waals surface area (Å²) in [6.07, 6.45) is 7.55. The van der Waals surface area contributed by atoms with E-state index in [9.17, 15) is 17.6 Å². The standard InChI is InChI=1S/C19H31FN4O4S/c1-2-3-4-5-6-7-10-23-11-13-24(14-12-23)19(25)22-18-9-8-16(15-17(18)20)28-29(21,26)27/h8-9,15H,2-7,10-14H2,1H3,(H,22,25)(H2,21,26,27). The van der Waals surface area contributed by atoms with Crippen molar-refractivity contribution in [2.75, 3.05) is 38.0 Å². The second kappa shape index (κ2) is 11.3. The maximum absolute atomic E-state index is 14.1. The largest absolute Gasteiger partial charge is 0.380 e. The molecular formula is C19H31FN4O4S. The number of hydrogen-bond donors (Lipinski definition) is 2. The Hall–Kier alpha value is -1.91. The number of benzene rings is 1. The highest BCUT2D eigenvalue weighted by molar-refractivity contribution is 7.84. The average Bonchev–Trinajstić information content (AvgIpc) is 2.66. The molecule has 1 saturated heterocycles. The van der Waals surface area contributed by atoms with E-state index in [-0.39, 0.29) is 17.5 Å². The van der Waals surface area contributed by atoms with Crippen molar-refractivity contribution in [1.29, 1.82) is 0 Å². The minimum Gasteiger partial charge on any atom is -0.371 e. The maximum Gasteiger partial charge on any atom is 0.380 e. The monoisotopic (exact) mass is 430 g/mol. The van der Waals surface area contributed by atoms with Gasteiger partial charge in [-0.1, -0.05) is 39.0 Å². The quantitative estimate of drug-likeness (QED) is 0.555. The Morgan fingerprint density at radius 1 is 1.14 bits per heavy atom. The van der Waals surface area contributed by atoms with Crippen LogP contribution >= 0.6 is 0 Å². The number of urea groups is 1. The van der Waals surface area contributed by atoms with Crippen molar-refractivity contribution in [3.05, 3.63) is 24.0 Å². The number of unbranched alkanes of at least 4 members (excludes halogenated alkanes) is 5. The summed E-state index contributed by atoms with van der Waals surface area (Å²) in [5.41, 5.74) is -0.0497. The Morgan fingerprint density at radius 3 is 2.41 bits per heavy atom. The minimum atomic E-state index is -4.23. The fourth-order valence-corrected chi connectivity index (χ4v) is 3.64. The Labute approximate surface area is 172 Å². The smallest absolute Gasteiger partial charge is 0.371 e. The highest BCUT2D eigenvalue weighted by Crippen LogP contribution is 2.22. The van der Waals surface area contributed by atoms with Gasteiger partial charge < -0.3 is 14.4 Å². The molecular weight excluding hydrogens is 399 g/mol. The van der Waals surface area contributed by atoms with Gasteiger partial charge in [-0.25, -0.2) is 9.18 Å². The zero-order valence-electron chi connectivity index (χ0n) is 16.9. The molecule has 0 atom stereocenters. The lowest BCUT2D eigenvalue weighted by atomic mass is 10.1. The fourth-order valence-electron chi connectivity index (χ4n) is 3.27. The van der Waals surface area contributed by atoms with E-state index in [4.69, 9.17) is 5.14 Å². The van der Waals surface area contributed by atoms with Gasteiger partial charge in [0.25, 0.3) is 0 Å². The van der Waals surface area contributed by atoms with Crippen LogP contribution in [0.1, 0.15) is 45.4 Å². The summed E-state index contributed by atoms with van der Waals surface area (Å²) in [4.78, 5) is 16.4. The fraction of sp³-hybridized carbons (Fsp3) is 0.632. The number of nitrogens with two attached hydrogens (primary N) is 1. The molecule has 0 aliphatic carbocycles. The molecule has 1 heterocycles. The number of anilines is 1. The number of piperazine rings is 1. The summed E-state index contributed by atoms with van der Waals surface area (Å²) in [6, 6.07) is 2.94. The summed E-state index contributed by atoms with van der Waals surface area (Å²) in [5.74, 6) is -1.06. The second-order valence-corrected chi connectivity index (χ2v) is 8.40. The summed E-state index contributed by atoms with van der Waals surface area (Å²) in [7, 11) is -4.23. The van der Waals surface area contributed by atoms with Crippen LogP contribution in [-0.2, 0) is 10.3 Å². The third-order valence-electron chi connectivity index (χ3n) is 4.88. The molecule has 0 radical (unpaired) electrons. The Balaban J connectivity index is 1.74. The van der Waals surface area contributed by atoms with Gasteiger partial charge in [-0.3, -0.25) is 4.90 Å². The number of rotatable bonds is 10. The summed E-state index contributed by atoms with van der Waals surface area (Å²) >= 11 is 0. The molecule has 2 rings (SSSR count). The lowest BCUT2D eigenvalue weighted by Gasteiger charge is -2.34. The van der Waals surface area contributed by atoms with Crippen LogP contribution in [0, 0.1) is 5.82 Å². The van der Waals surface area contributed by atoms with E-state index in [2.05, 4.69) is 21.3 Å². The van der Waals surface area contributed by atoms with Crippen LogP contribution in [0.15, 0.2) is 18.2 Å². The van der Waals surface area contributed by atoms with E-state index in [1.165, 1.54) is 50.7 Å². The zero-order valence-corrected chi connectivity index (χ0v) is 17.7. The van der Waals surface area contributed by atoms with Crippen molar-refractivity contribution in [2.24, 2.45) is 5.14 Å². The predicted molar refractivity (Wildman–Crippen MR) is 111 cm³/mol. The normalized spacial score (nSPS) is 15.3. The van der Waals surface area contributed by atoms with Gasteiger partial charge in [-0.2, -0.15) is 13.6 Å². The molecule has 10 heteroatoms. The molecule has 1 aliphatic heterocycles. The van der Waals surface area contributed by atoms with Gasteiger partial charge in [0.1, 0.15) is 5.75 Å². The number of nitrogens with one attached hydrogen (secondary N) is 1. The molecule has 1 aromatic carbocycles. The maximum atomic E-state index is 14.1. The van der Waals surface area contributed by atoms with E-state index in [1.54, 1.807) is 4.90 Å². The van der Waals surface area contributed by atoms with Crippen molar-refractivity contribution in [2.45, 2.75) is 45.4 Å². The molecule has 0 bridgehead atoms. The molecule has 3 N–H and O–H groups in total. The van der Waals surface area contributed by atoms with E-state index < -0.39 is 16.1 Å². The van der Waals surface area contributed by atoms with Gasteiger partial charge >= 0.3 is 16.3 Å². The number of amides is 2. The molecule has 8 nitrogen and oxygen atoms in total. The molecule has 0 spiro atoms. The zero-order chi connectivity index (χ0) is 21.3. The first kappa shape index (κ1) is 23.4. The van der Waals surface area contributed by atoms with Crippen LogP contribution < -0.4 is 14.6 Å². The van der Waals surface area contributed by atoms with Crippen LogP contribution in [0.25, 0.3) is 0 Å². The molecule has 1 aliphatic rings. The van der Waals surface area contributed by atoms with Gasteiger partial charge in [0.05, 0.1) is 5.69 Å². The SMILES string of the molecule is CCCCCCCCN1CCN(C(=O)Nc2ccc(OS(N)(=O)=O)cc2F)CC1. The van der Waals surface area contributed by atoms with Crippen molar-refractivity contribution < 1.29 is 21.8 Å². The molecule has 0 unspecified atom stereocenters. The molecule has 0 aromatic heterocycles. The third-order valence-corrected chi connectivity index (χ3v) is 5.31. The van der Waals surface area contributed by atoms with Crippen molar-refractivity contribution in [1.82, 2.24) is 9.80 Å². The van der Waals surface area contributed by atoms with Gasteiger partial charge in [-0.15, -0.1) is 0 Å². The van der Waals surface area contributed by atoms with Gasteiger partial charge in [0.2, 0.25) is 0 Å². The van der Waals surface area contributed by atoms with E-state index >= 15 is 0 Å². The number of halogens is 1. The van der Waals surface area contributed by atoms with Crippen molar-refractivity contribution in [3.8, 4) is 5.75 Å².